The lowest BCUT2D eigenvalue weighted by atomic mass is 9.93. The van der Waals surface area contributed by atoms with Gasteiger partial charge in [0.25, 0.3) is 0 Å². The van der Waals surface area contributed by atoms with Crippen molar-refractivity contribution in [3.8, 4) is 0 Å². The van der Waals surface area contributed by atoms with Crippen LogP contribution in [0.5, 0.6) is 0 Å². The van der Waals surface area contributed by atoms with Gasteiger partial charge in [0, 0.05) is 31.0 Å². The largest absolute Gasteiger partial charge is 0.374 e. The Labute approximate surface area is 103 Å². The number of hydrogen-bond donors (Lipinski definition) is 2. The SMILES string of the molecule is CC1(CNC2(CN)CCCSC2)CCCO1. The first kappa shape index (κ1) is 12.7. The van der Waals surface area contributed by atoms with Crippen molar-refractivity contribution in [3.05, 3.63) is 0 Å². The third kappa shape index (κ3) is 2.92. The molecule has 4 heteroatoms. The number of ether oxygens (including phenoxy) is 1. The summed E-state index contributed by atoms with van der Waals surface area (Å²) in [5.41, 5.74) is 6.16. The summed E-state index contributed by atoms with van der Waals surface area (Å²) in [6, 6.07) is 0. The Morgan fingerprint density at radius 1 is 1.38 bits per heavy atom. The van der Waals surface area contributed by atoms with E-state index in [2.05, 4.69) is 12.2 Å². The lowest BCUT2D eigenvalue weighted by molar-refractivity contribution is 0.0148. The number of nitrogens with one attached hydrogen (secondary N) is 1. The van der Waals surface area contributed by atoms with E-state index in [1.54, 1.807) is 0 Å². The van der Waals surface area contributed by atoms with E-state index < -0.39 is 0 Å². The van der Waals surface area contributed by atoms with E-state index in [-0.39, 0.29) is 11.1 Å². The highest BCUT2D eigenvalue weighted by atomic mass is 32.2. The molecule has 0 aromatic carbocycles. The maximum atomic E-state index is 5.95. The van der Waals surface area contributed by atoms with Crippen LogP contribution >= 0.6 is 11.8 Å². The molecule has 0 aromatic rings. The van der Waals surface area contributed by atoms with E-state index >= 15 is 0 Å². The van der Waals surface area contributed by atoms with Crippen LogP contribution in [-0.4, -0.2) is 42.3 Å². The van der Waals surface area contributed by atoms with Crippen molar-refractivity contribution in [2.24, 2.45) is 5.73 Å². The fourth-order valence-corrected chi connectivity index (χ4v) is 3.82. The molecule has 2 unspecified atom stereocenters. The Morgan fingerprint density at radius 2 is 2.25 bits per heavy atom. The molecule has 94 valence electrons. The zero-order chi connectivity index (χ0) is 11.5. The normalized spacial score (nSPS) is 40.1. The highest BCUT2D eigenvalue weighted by molar-refractivity contribution is 7.99. The zero-order valence-electron chi connectivity index (χ0n) is 10.3. The monoisotopic (exact) mass is 244 g/mol. The Bertz CT molecular complexity index is 223. The quantitative estimate of drug-likeness (QED) is 0.784. The topological polar surface area (TPSA) is 47.3 Å². The van der Waals surface area contributed by atoms with Crippen LogP contribution in [0, 0.1) is 0 Å². The number of thioether (sulfide) groups is 1. The van der Waals surface area contributed by atoms with Crippen molar-refractivity contribution in [2.75, 3.05) is 31.2 Å². The summed E-state index contributed by atoms with van der Waals surface area (Å²) in [7, 11) is 0. The van der Waals surface area contributed by atoms with Crippen molar-refractivity contribution < 1.29 is 4.74 Å². The van der Waals surface area contributed by atoms with E-state index in [0.29, 0.717) is 0 Å². The first-order valence-electron chi connectivity index (χ1n) is 6.35. The van der Waals surface area contributed by atoms with Crippen LogP contribution in [0.3, 0.4) is 0 Å². The molecule has 16 heavy (non-hydrogen) atoms. The van der Waals surface area contributed by atoms with Gasteiger partial charge in [0.15, 0.2) is 0 Å². The Balaban J connectivity index is 1.86. The predicted molar refractivity (Wildman–Crippen MR) is 69.9 cm³/mol. The van der Waals surface area contributed by atoms with Crippen molar-refractivity contribution in [2.45, 2.75) is 43.7 Å². The predicted octanol–water partition coefficient (Wildman–Crippen LogP) is 1.37. The summed E-state index contributed by atoms with van der Waals surface area (Å²) in [6.07, 6.45) is 4.87. The highest BCUT2D eigenvalue weighted by Crippen LogP contribution is 2.29. The molecule has 0 saturated carbocycles. The average molecular weight is 244 g/mol. The molecule has 3 nitrogen and oxygen atoms in total. The molecule has 0 bridgehead atoms. The third-order valence-electron chi connectivity index (χ3n) is 3.85. The molecule has 0 radical (unpaired) electrons. The summed E-state index contributed by atoms with van der Waals surface area (Å²) in [4.78, 5) is 0. The minimum absolute atomic E-state index is 0.0459. The van der Waals surface area contributed by atoms with E-state index in [4.69, 9.17) is 10.5 Å². The summed E-state index contributed by atoms with van der Waals surface area (Å²) in [5.74, 6) is 2.44. The van der Waals surface area contributed by atoms with Crippen molar-refractivity contribution in [1.29, 1.82) is 0 Å². The Hall–Kier alpha value is 0.230. The molecule has 0 spiro atoms. The summed E-state index contributed by atoms with van der Waals surface area (Å²) >= 11 is 2.02. The lowest BCUT2D eigenvalue weighted by Crippen LogP contribution is -2.58. The van der Waals surface area contributed by atoms with Crippen LogP contribution < -0.4 is 11.1 Å². The summed E-state index contributed by atoms with van der Waals surface area (Å²) in [5, 5.41) is 3.70. The first-order valence-corrected chi connectivity index (χ1v) is 7.50. The molecule has 0 aliphatic carbocycles. The van der Waals surface area contributed by atoms with Crippen LogP contribution in [0.4, 0.5) is 0 Å². The van der Waals surface area contributed by atoms with Gasteiger partial charge in [-0.25, -0.2) is 0 Å². The van der Waals surface area contributed by atoms with Crippen LogP contribution in [0.25, 0.3) is 0 Å². The molecular formula is C12H24N2OS. The number of nitrogens with two attached hydrogens (primary N) is 1. The minimum atomic E-state index is 0.0459. The van der Waals surface area contributed by atoms with E-state index in [0.717, 1.165) is 25.4 Å². The fourth-order valence-electron chi connectivity index (χ4n) is 2.58. The molecule has 2 heterocycles. The number of rotatable bonds is 4. The van der Waals surface area contributed by atoms with Crippen LogP contribution in [-0.2, 0) is 4.74 Å². The third-order valence-corrected chi connectivity index (χ3v) is 5.18. The second-order valence-electron chi connectivity index (χ2n) is 5.40. The van der Waals surface area contributed by atoms with Gasteiger partial charge in [0.2, 0.25) is 0 Å². The van der Waals surface area contributed by atoms with Crippen LogP contribution in [0.15, 0.2) is 0 Å². The van der Waals surface area contributed by atoms with Crippen molar-refractivity contribution >= 4 is 11.8 Å². The lowest BCUT2D eigenvalue weighted by Gasteiger charge is -2.39. The Morgan fingerprint density at radius 3 is 2.81 bits per heavy atom. The second-order valence-corrected chi connectivity index (χ2v) is 6.50. The molecule has 2 atom stereocenters. The van der Waals surface area contributed by atoms with Gasteiger partial charge in [0.1, 0.15) is 0 Å². The maximum absolute atomic E-state index is 5.95. The van der Waals surface area contributed by atoms with Gasteiger partial charge in [-0.05, 0) is 38.4 Å². The molecule has 0 amide bonds. The van der Waals surface area contributed by atoms with E-state index in [9.17, 15) is 0 Å². The van der Waals surface area contributed by atoms with Crippen molar-refractivity contribution in [3.63, 3.8) is 0 Å². The Kier molecular flexibility index (Phi) is 4.16. The first-order chi connectivity index (χ1) is 7.68. The summed E-state index contributed by atoms with van der Waals surface area (Å²) in [6.45, 7) is 4.83. The molecule has 2 aliphatic rings. The van der Waals surface area contributed by atoms with Crippen molar-refractivity contribution in [1.82, 2.24) is 5.32 Å². The maximum Gasteiger partial charge on any atom is 0.0779 e. The molecular weight excluding hydrogens is 220 g/mol. The van der Waals surface area contributed by atoms with Gasteiger partial charge in [-0.1, -0.05) is 0 Å². The van der Waals surface area contributed by atoms with Gasteiger partial charge in [-0.15, -0.1) is 0 Å². The molecule has 2 aliphatic heterocycles. The van der Waals surface area contributed by atoms with Gasteiger partial charge in [-0.3, -0.25) is 0 Å². The zero-order valence-corrected chi connectivity index (χ0v) is 11.1. The van der Waals surface area contributed by atoms with Crippen LogP contribution in [0.1, 0.15) is 32.6 Å². The van der Waals surface area contributed by atoms with Gasteiger partial charge < -0.3 is 15.8 Å². The minimum Gasteiger partial charge on any atom is -0.374 e. The van der Waals surface area contributed by atoms with Gasteiger partial charge in [-0.2, -0.15) is 11.8 Å². The standard InChI is InChI=1S/C12H24N2OS/c1-11(4-2-6-15-11)9-14-12(8-13)5-3-7-16-10-12/h14H,2-10,13H2,1H3. The van der Waals surface area contributed by atoms with E-state index in [1.807, 2.05) is 11.8 Å². The van der Waals surface area contributed by atoms with Gasteiger partial charge >= 0.3 is 0 Å². The molecule has 2 rings (SSSR count). The van der Waals surface area contributed by atoms with Gasteiger partial charge in [0.05, 0.1) is 5.60 Å². The number of hydrogen-bond acceptors (Lipinski definition) is 4. The highest BCUT2D eigenvalue weighted by Gasteiger charge is 2.35. The summed E-state index contributed by atoms with van der Waals surface area (Å²) < 4.78 is 5.81. The molecule has 3 N–H and O–H groups in total. The molecule has 2 fully saturated rings. The second kappa shape index (κ2) is 5.25. The van der Waals surface area contributed by atoms with Crippen LogP contribution in [0.2, 0.25) is 0 Å². The smallest absolute Gasteiger partial charge is 0.0779 e. The van der Waals surface area contributed by atoms with E-state index in [1.165, 1.54) is 31.4 Å². The molecule has 0 aromatic heterocycles. The fraction of sp³-hybridized carbons (Fsp3) is 1.00. The molecule has 2 saturated heterocycles. The average Bonchev–Trinajstić information content (AvgIpc) is 2.76.